The summed E-state index contributed by atoms with van der Waals surface area (Å²) in [6, 6.07) is 7.51. The van der Waals surface area contributed by atoms with Crippen molar-refractivity contribution in [2.45, 2.75) is 33.5 Å². The van der Waals surface area contributed by atoms with Crippen LogP contribution in [0.15, 0.2) is 24.3 Å². The van der Waals surface area contributed by atoms with Crippen LogP contribution in [0.2, 0.25) is 0 Å². The van der Waals surface area contributed by atoms with Gasteiger partial charge in [-0.25, -0.2) is 0 Å². The molecule has 98 valence electrons. The molecule has 0 N–H and O–H groups in total. The van der Waals surface area contributed by atoms with Gasteiger partial charge in [0.05, 0.1) is 13.2 Å². The number of ketones is 1. The molecule has 1 aliphatic rings. The molecule has 1 aliphatic heterocycles. The molecule has 0 aromatic heterocycles. The fraction of sp³-hybridized carbons (Fsp3) is 0.533. The maximum absolute atomic E-state index is 11.3. The molecule has 1 heterocycles. The molecule has 0 bridgehead atoms. The Balaban J connectivity index is 2.41. The summed E-state index contributed by atoms with van der Waals surface area (Å²) in [5.41, 5.74) is 1.51. The first-order chi connectivity index (χ1) is 8.37. The highest BCUT2D eigenvalue weighted by atomic mass is 16.7. The maximum Gasteiger partial charge on any atom is 0.199 e. The number of ether oxygens (including phenoxy) is 2. The van der Waals surface area contributed by atoms with Gasteiger partial charge in [-0.2, -0.15) is 0 Å². The first-order valence-electron chi connectivity index (χ1n) is 6.26. The molecule has 1 aromatic carbocycles. The summed E-state index contributed by atoms with van der Waals surface area (Å²) in [5, 5.41) is 0. The van der Waals surface area contributed by atoms with Crippen LogP contribution in [0.3, 0.4) is 0 Å². The first kappa shape index (κ1) is 13.2. The predicted molar refractivity (Wildman–Crippen MR) is 69.5 cm³/mol. The quantitative estimate of drug-likeness (QED) is 0.754. The molecule has 18 heavy (non-hydrogen) atoms. The van der Waals surface area contributed by atoms with Gasteiger partial charge in [0.15, 0.2) is 11.6 Å². The van der Waals surface area contributed by atoms with Gasteiger partial charge in [-0.3, -0.25) is 4.79 Å². The van der Waals surface area contributed by atoms with E-state index in [1.165, 1.54) is 0 Å². The minimum atomic E-state index is -0.706. The molecule has 0 spiro atoms. The molecule has 0 unspecified atom stereocenters. The zero-order valence-electron chi connectivity index (χ0n) is 11.4. The van der Waals surface area contributed by atoms with Crippen molar-refractivity contribution in [1.82, 2.24) is 0 Å². The Hall–Kier alpha value is -1.19. The standard InChI is InChI=1S/C15H20O3/c1-11(16)12-5-7-13(8-6-12)15(14(2,3)4)17-9-10-18-15/h5-8H,9-10H2,1-4H3. The first-order valence-corrected chi connectivity index (χ1v) is 6.26. The number of hydrogen-bond donors (Lipinski definition) is 0. The topological polar surface area (TPSA) is 35.5 Å². The molecular formula is C15H20O3. The van der Waals surface area contributed by atoms with E-state index in [9.17, 15) is 4.79 Å². The van der Waals surface area contributed by atoms with Crippen LogP contribution < -0.4 is 0 Å². The average Bonchev–Trinajstić information content (AvgIpc) is 2.78. The number of hydrogen-bond acceptors (Lipinski definition) is 3. The van der Waals surface area contributed by atoms with Crippen molar-refractivity contribution in [3.05, 3.63) is 35.4 Å². The molecule has 0 aliphatic carbocycles. The highest BCUT2D eigenvalue weighted by molar-refractivity contribution is 5.94. The molecule has 3 heteroatoms. The Morgan fingerprint density at radius 1 is 1.11 bits per heavy atom. The molecule has 1 aromatic rings. The van der Waals surface area contributed by atoms with Crippen LogP contribution in [-0.2, 0) is 15.3 Å². The Bertz CT molecular complexity index is 434. The molecule has 0 saturated carbocycles. The summed E-state index contributed by atoms with van der Waals surface area (Å²) in [6.07, 6.45) is 0. The zero-order chi connectivity index (χ0) is 13.4. The molecule has 3 nitrogen and oxygen atoms in total. The van der Waals surface area contributed by atoms with Gasteiger partial charge in [-0.1, -0.05) is 45.0 Å². The summed E-state index contributed by atoms with van der Waals surface area (Å²) in [5.74, 6) is -0.637. The third kappa shape index (κ3) is 2.08. The minimum absolute atomic E-state index is 0.0691. The van der Waals surface area contributed by atoms with E-state index in [1.54, 1.807) is 6.92 Å². The molecule has 0 amide bonds. The van der Waals surface area contributed by atoms with Crippen molar-refractivity contribution in [1.29, 1.82) is 0 Å². The van der Waals surface area contributed by atoms with Crippen molar-refractivity contribution in [2.24, 2.45) is 5.41 Å². The predicted octanol–water partition coefficient (Wildman–Crippen LogP) is 3.13. The van der Waals surface area contributed by atoms with Gasteiger partial charge in [0.2, 0.25) is 0 Å². The maximum atomic E-state index is 11.3. The lowest BCUT2D eigenvalue weighted by atomic mass is 9.80. The second-order valence-electron chi connectivity index (χ2n) is 5.70. The number of benzene rings is 1. The van der Waals surface area contributed by atoms with Gasteiger partial charge in [0, 0.05) is 16.5 Å². The van der Waals surface area contributed by atoms with E-state index in [0.29, 0.717) is 18.8 Å². The van der Waals surface area contributed by atoms with Crippen molar-refractivity contribution in [3.8, 4) is 0 Å². The summed E-state index contributed by atoms with van der Waals surface area (Å²) < 4.78 is 11.8. The van der Waals surface area contributed by atoms with E-state index < -0.39 is 5.79 Å². The van der Waals surface area contributed by atoms with E-state index in [2.05, 4.69) is 20.8 Å². The average molecular weight is 248 g/mol. The molecule has 1 fully saturated rings. The van der Waals surface area contributed by atoms with Gasteiger partial charge in [-0.15, -0.1) is 0 Å². The lowest BCUT2D eigenvalue weighted by Gasteiger charge is -2.39. The number of carbonyl (C=O) groups excluding carboxylic acids is 1. The Labute approximate surface area is 108 Å². The minimum Gasteiger partial charge on any atom is -0.343 e. The van der Waals surface area contributed by atoms with Crippen molar-refractivity contribution >= 4 is 5.78 Å². The third-order valence-electron chi connectivity index (χ3n) is 3.35. The van der Waals surface area contributed by atoms with Crippen LogP contribution in [0.1, 0.15) is 43.6 Å². The van der Waals surface area contributed by atoms with Crippen LogP contribution in [0.25, 0.3) is 0 Å². The van der Waals surface area contributed by atoms with E-state index in [1.807, 2.05) is 24.3 Å². The van der Waals surface area contributed by atoms with Crippen molar-refractivity contribution < 1.29 is 14.3 Å². The molecule has 2 rings (SSSR count). The van der Waals surface area contributed by atoms with Crippen LogP contribution in [0.4, 0.5) is 0 Å². The monoisotopic (exact) mass is 248 g/mol. The van der Waals surface area contributed by atoms with Gasteiger partial charge in [0.25, 0.3) is 0 Å². The third-order valence-corrected chi connectivity index (χ3v) is 3.35. The Morgan fingerprint density at radius 3 is 2.00 bits per heavy atom. The highest BCUT2D eigenvalue weighted by Gasteiger charge is 2.48. The zero-order valence-corrected chi connectivity index (χ0v) is 11.4. The summed E-state index contributed by atoms with van der Waals surface area (Å²) in [6.45, 7) is 9.06. The molecule has 0 radical (unpaired) electrons. The number of rotatable bonds is 2. The molecule has 1 saturated heterocycles. The van der Waals surface area contributed by atoms with E-state index in [4.69, 9.17) is 9.47 Å². The molecule has 0 atom stereocenters. The van der Waals surface area contributed by atoms with Crippen LogP contribution in [0.5, 0.6) is 0 Å². The van der Waals surface area contributed by atoms with Crippen molar-refractivity contribution in [2.75, 3.05) is 13.2 Å². The van der Waals surface area contributed by atoms with E-state index >= 15 is 0 Å². The largest absolute Gasteiger partial charge is 0.343 e. The lowest BCUT2D eigenvalue weighted by Crippen LogP contribution is -2.41. The SMILES string of the molecule is CC(=O)c1ccc(C2(C(C)(C)C)OCCO2)cc1. The second kappa shape index (κ2) is 4.48. The van der Waals surface area contributed by atoms with Gasteiger partial charge in [0.1, 0.15) is 0 Å². The lowest BCUT2D eigenvalue weighted by molar-refractivity contribution is -0.232. The van der Waals surface area contributed by atoms with Crippen molar-refractivity contribution in [3.63, 3.8) is 0 Å². The second-order valence-corrected chi connectivity index (χ2v) is 5.70. The van der Waals surface area contributed by atoms with Crippen LogP contribution >= 0.6 is 0 Å². The van der Waals surface area contributed by atoms with Crippen LogP contribution in [0, 0.1) is 5.41 Å². The summed E-state index contributed by atoms with van der Waals surface area (Å²) in [4.78, 5) is 11.3. The van der Waals surface area contributed by atoms with Gasteiger partial charge < -0.3 is 9.47 Å². The summed E-state index contributed by atoms with van der Waals surface area (Å²) >= 11 is 0. The Kier molecular flexibility index (Phi) is 3.30. The Morgan fingerprint density at radius 2 is 1.61 bits per heavy atom. The summed E-state index contributed by atoms with van der Waals surface area (Å²) in [7, 11) is 0. The highest BCUT2D eigenvalue weighted by Crippen LogP contribution is 2.46. The fourth-order valence-corrected chi connectivity index (χ4v) is 2.37. The van der Waals surface area contributed by atoms with E-state index in [-0.39, 0.29) is 11.2 Å². The fourth-order valence-electron chi connectivity index (χ4n) is 2.37. The van der Waals surface area contributed by atoms with Gasteiger partial charge in [-0.05, 0) is 6.92 Å². The molecular weight excluding hydrogens is 228 g/mol. The normalized spacial score (nSPS) is 18.9. The van der Waals surface area contributed by atoms with Crippen LogP contribution in [-0.4, -0.2) is 19.0 Å². The number of Topliss-reactive ketones (excluding diaryl/α,β-unsaturated/α-hetero) is 1. The van der Waals surface area contributed by atoms with E-state index in [0.717, 1.165) is 5.56 Å². The smallest absolute Gasteiger partial charge is 0.199 e. The number of carbonyl (C=O) groups is 1. The van der Waals surface area contributed by atoms with Gasteiger partial charge >= 0.3 is 0 Å².